The summed E-state index contributed by atoms with van der Waals surface area (Å²) >= 11 is 0. The van der Waals surface area contributed by atoms with E-state index < -0.39 is 12.2 Å². The van der Waals surface area contributed by atoms with E-state index in [0.29, 0.717) is 43.9 Å². The van der Waals surface area contributed by atoms with Crippen LogP contribution >= 0.6 is 0 Å². The third kappa shape index (κ3) is 4.34. The van der Waals surface area contributed by atoms with E-state index >= 15 is 0 Å². The van der Waals surface area contributed by atoms with E-state index in [1.54, 1.807) is 14.1 Å². The van der Waals surface area contributed by atoms with Crippen LogP contribution in [0.2, 0.25) is 0 Å². The molecule has 1 unspecified atom stereocenters. The number of nitrogens with zero attached hydrogens (tertiary/aromatic N) is 4. The topological polar surface area (TPSA) is 61.4 Å². The molecule has 2 fully saturated rings. The van der Waals surface area contributed by atoms with Crippen molar-refractivity contribution in [2.24, 2.45) is 5.92 Å². The summed E-state index contributed by atoms with van der Waals surface area (Å²) in [5.41, 5.74) is 1.55. The number of aryl methyl sites for hydroxylation is 1. The number of nitrogens with one attached hydrogen (secondary N) is 1. The van der Waals surface area contributed by atoms with Gasteiger partial charge in [-0.05, 0) is 39.0 Å². The van der Waals surface area contributed by atoms with Crippen molar-refractivity contribution in [3.05, 3.63) is 17.1 Å². The summed E-state index contributed by atoms with van der Waals surface area (Å²) in [4.78, 5) is 24.3. The number of alkyl halides is 3. The normalized spacial score (nSPS) is 21.4. The summed E-state index contributed by atoms with van der Waals surface area (Å²) in [6, 6.07) is -1.68. The molecule has 0 bridgehead atoms. The highest BCUT2D eigenvalue weighted by atomic mass is 19.4. The third-order valence-electron chi connectivity index (χ3n) is 5.31. The van der Waals surface area contributed by atoms with E-state index in [1.165, 1.54) is 4.90 Å². The Morgan fingerprint density at radius 1 is 1.22 bits per heavy atom. The second-order valence-electron chi connectivity index (χ2n) is 7.74. The molecule has 0 spiro atoms. The predicted molar refractivity (Wildman–Crippen MR) is 95.8 cm³/mol. The van der Waals surface area contributed by atoms with Gasteiger partial charge in [0, 0.05) is 44.5 Å². The Kier molecular flexibility index (Phi) is 5.33. The largest absolute Gasteiger partial charge is 0.404 e. The van der Waals surface area contributed by atoms with E-state index in [-0.39, 0.29) is 23.7 Å². The molecule has 2 atom stereocenters. The Labute approximate surface area is 157 Å². The molecule has 3 rings (SSSR count). The quantitative estimate of drug-likeness (QED) is 0.843. The molecule has 9 heteroatoms. The van der Waals surface area contributed by atoms with E-state index in [2.05, 4.69) is 15.3 Å². The lowest BCUT2D eigenvalue weighted by molar-refractivity contribution is -0.162. The maximum absolute atomic E-state index is 13.3. The van der Waals surface area contributed by atoms with E-state index in [1.807, 2.05) is 18.7 Å². The SMILES string of the molecule is Cc1nc(C(=O)N(C)C)nc(N2CC[C@@H](NC(C3CC3)C(F)(F)F)C2)c1C. The molecule has 1 N–H and O–H groups in total. The molecule has 1 saturated carbocycles. The Morgan fingerprint density at radius 3 is 2.44 bits per heavy atom. The summed E-state index contributed by atoms with van der Waals surface area (Å²) in [6.07, 6.45) is -2.35. The second-order valence-corrected chi connectivity index (χ2v) is 7.74. The highest BCUT2D eigenvalue weighted by Crippen LogP contribution is 2.40. The Morgan fingerprint density at radius 2 is 1.89 bits per heavy atom. The zero-order valence-corrected chi connectivity index (χ0v) is 16.1. The van der Waals surface area contributed by atoms with Crippen LogP contribution in [0.5, 0.6) is 0 Å². The number of halogens is 3. The van der Waals surface area contributed by atoms with Crippen molar-refractivity contribution in [2.45, 2.75) is 51.4 Å². The lowest BCUT2D eigenvalue weighted by Gasteiger charge is -2.26. The fourth-order valence-corrected chi connectivity index (χ4v) is 3.49. The molecule has 150 valence electrons. The lowest BCUT2D eigenvalue weighted by atomic mass is 10.1. The number of carbonyl (C=O) groups excluding carboxylic acids is 1. The van der Waals surface area contributed by atoms with Gasteiger partial charge in [-0.1, -0.05) is 0 Å². The minimum atomic E-state index is -4.22. The molecule has 1 amide bonds. The van der Waals surface area contributed by atoms with Gasteiger partial charge in [-0.15, -0.1) is 0 Å². The van der Waals surface area contributed by atoms with Crippen LogP contribution in [0.15, 0.2) is 0 Å². The van der Waals surface area contributed by atoms with Crippen molar-refractivity contribution >= 4 is 11.7 Å². The van der Waals surface area contributed by atoms with Crippen LogP contribution < -0.4 is 10.2 Å². The van der Waals surface area contributed by atoms with Crippen molar-refractivity contribution in [3.8, 4) is 0 Å². The van der Waals surface area contributed by atoms with Crippen LogP contribution in [0.25, 0.3) is 0 Å². The van der Waals surface area contributed by atoms with Gasteiger partial charge in [-0.2, -0.15) is 13.2 Å². The third-order valence-corrected chi connectivity index (χ3v) is 5.31. The molecule has 1 saturated heterocycles. The summed E-state index contributed by atoms with van der Waals surface area (Å²) in [6.45, 7) is 4.72. The number of hydrogen-bond donors (Lipinski definition) is 1. The maximum Gasteiger partial charge on any atom is 0.404 e. The van der Waals surface area contributed by atoms with Crippen LogP contribution in [0, 0.1) is 19.8 Å². The summed E-state index contributed by atoms with van der Waals surface area (Å²) in [7, 11) is 3.26. The molecule has 2 aliphatic rings. The Balaban J connectivity index is 1.75. The van der Waals surface area contributed by atoms with Crippen molar-refractivity contribution in [3.63, 3.8) is 0 Å². The molecular formula is C18H26F3N5O. The smallest absolute Gasteiger partial charge is 0.355 e. The number of carbonyl (C=O) groups is 1. The van der Waals surface area contributed by atoms with Crippen LogP contribution in [0.4, 0.5) is 19.0 Å². The van der Waals surface area contributed by atoms with Crippen LogP contribution in [0.3, 0.4) is 0 Å². The molecule has 0 aromatic carbocycles. The van der Waals surface area contributed by atoms with Gasteiger partial charge in [-0.3, -0.25) is 4.79 Å². The lowest BCUT2D eigenvalue weighted by Crippen LogP contribution is -2.49. The predicted octanol–water partition coefficient (Wildman–Crippen LogP) is 2.30. The van der Waals surface area contributed by atoms with Crippen molar-refractivity contribution < 1.29 is 18.0 Å². The maximum atomic E-state index is 13.3. The number of anilines is 1. The van der Waals surface area contributed by atoms with Crippen LogP contribution in [-0.2, 0) is 0 Å². The summed E-state index contributed by atoms with van der Waals surface area (Å²) in [5.74, 6) is 0.151. The van der Waals surface area contributed by atoms with Gasteiger partial charge < -0.3 is 15.1 Å². The van der Waals surface area contributed by atoms with Gasteiger partial charge in [0.1, 0.15) is 11.9 Å². The molecule has 1 aliphatic carbocycles. The second kappa shape index (κ2) is 7.26. The van der Waals surface area contributed by atoms with Gasteiger partial charge >= 0.3 is 6.18 Å². The van der Waals surface area contributed by atoms with Gasteiger partial charge in [0.25, 0.3) is 5.91 Å². The average Bonchev–Trinajstić information content (AvgIpc) is 3.31. The minimum absolute atomic E-state index is 0.112. The highest BCUT2D eigenvalue weighted by molar-refractivity contribution is 5.90. The number of rotatable bonds is 5. The van der Waals surface area contributed by atoms with Crippen molar-refractivity contribution in [2.75, 3.05) is 32.1 Å². The molecule has 1 aliphatic heterocycles. The van der Waals surface area contributed by atoms with Crippen molar-refractivity contribution in [1.82, 2.24) is 20.2 Å². The fourth-order valence-electron chi connectivity index (χ4n) is 3.49. The Hall–Kier alpha value is -1.90. The first-order valence-corrected chi connectivity index (χ1v) is 9.22. The number of aromatic nitrogens is 2. The van der Waals surface area contributed by atoms with Crippen LogP contribution in [-0.4, -0.2) is 66.2 Å². The Bertz CT molecular complexity index is 718. The zero-order chi connectivity index (χ0) is 19.9. The van der Waals surface area contributed by atoms with E-state index in [0.717, 1.165) is 5.56 Å². The molecule has 0 radical (unpaired) electrons. The molecule has 27 heavy (non-hydrogen) atoms. The first-order chi connectivity index (χ1) is 12.6. The summed E-state index contributed by atoms with van der Waals surface area (Å²) < 4.78 is 39.8. The average molecular weight is 385 g/mol. The molecule has 1 aromatic rings. The van der Waals surface area contributed by atoms with E-state index in [4.69, 9.17) is 0 Å². The number of hydrogen-bond acceptors (Lipinski definition) is 5. The van der Waals surface area contributed by atoms with Crippen LogP contribution in [0.1, 0.15) is 41.1 Å². The molecular weight excluding hydrogens is 359 g/mol. The fraction of sp³-hybridized carbons (Fsp3) is 0.722. The molecule has 6 nitrogen and oxygen atoms in total. The van der Waals surface area contributed by atoms with Gasteiger partial charge in [0.15, 0.2) is 0 Å². The first-order valence-electron chi connectivity index (χ1n) is 9.22. The number of amides is 1. The van der Waals surface area contributed by atoms with E-state index in [9.17, 15) is 18.0 Å². The minimum Gasteiger partial charge on any atom is -0.355 e. The van der Waals surface area contributed by atoms with Gasteiger partial charge in [0.05, 0.1) is 0 Å². The highest BCUT2D eigenvalue weighted by Gasteiger charge is 2.49. The standard InChI is InChI=1S/C18H26F3N5O/c1-10-11(2)22-15(17(27)25(3)4)24-16(10)26-8-7-13(9-26)23-14(12-5-6-12)18(19,20)21/h12-14,23H,5-9H2,1-4H3/t13-,14?/m1/s1. The molecule has 2 heterocycles. The zero-order valence-electron chi connectivity index (χ0n) is 16.1. The van der Waals surface area contributed by atoms with Gasteiger partial charge in [0.2, 0.25) is 5.82 Å². The monoisotopic (exact) mass is 385 g/mol. The molecule has 1 aromatic heterocycles. The van der Waals surface area contributed by atoms with Gasteiger partial charge in [-0.25, -0.2) is 9.97 Å². The summed E-state index contributed by atoms with van der Waals surface area (Å²) in [5, 5.41) is 2.82. The first kappa shape index (κ1) is 19.9. The van der Waals surface area contributed by atoms with Crippen molar-refractivity contribution in [1.29, 1.82) is 0 Å².